The van der Waals surface area contributed by atoms with Gasteiger partial charge in [-0.25, -0.2) is 4.79 Å². The Labute approximate surface area is 149 Å². The number of nitrogens with zero attached hydrogens (tertiary/aromatic N) is 1. The van der Waals surface area contributed by atoms with Gasteiger partial charge in [-0.3, -0.25) is 19.2 Å². The van der Waals surface area contributed by atoms with Crippen molar-refractivity contribution in [3.8, 4) is 0 Å². The molecule has 146 valence electrons. The lowest BCUT2D eigenvalue weighted by Crippen LogP contribution is -2.53. The van der Waals surface area contributed by atoms with Gasteiger partial charge in [-0.2, -0.15) is 0 Å². The van der Waals surface area contributed by atoms with Crippen LogP contribution in [0.1, 0.15) is 32.6 Å². The van der Waals surface area contributed by atoms with Gasteiger partial charge in [0, 0.05) is 13.0 Å². The standard InChI is InChI=1S/C15H24N4O7/c1-8(16)13(23)18-9(4-5-12(21)22)14(24)17-7-11(20)19-6-2-3-10(19)15(25)26/h8-10H,2-7,16H2,1H3,(H,17,24)(H,18,23)(H,21,22)(H,25,26). The number of carbonyl (C=O) groups excluding carboxylic acids is 3. The maximum atomic E-state index is 12.2. The fraction of sp³-hybridized carbons (Fsp3) is 0.667. The van der Waals surface area contributed by atoms with Crippen molar-refractivity contribution in [3.63, 3.8) is 0 Å². The summed E-state index contributed by atoms with van der Waals surface area (Å²) in [4.78, 5) is 59.0. The van der Waals surface area contributed by atoms with Gasteiger partial charge in [0.1, 0.15) is 12.1 Å². The molecule has 11 heteroatoms. The lowest BCUT2D eigenvalue weighted by atomic mass is 10.1. The first-order chi connectivity index (χ1) is 12.1. The molecule has 0 aromatic carbocycles. The molecule has 0 spiro atoms. The zero-order chi connectivity index (χ0) is 19.9. The molecular formula is C15H24N4O7. The van der Waals surface area contributed by atoms with Gasteiger partial charge in [0.25, 0.3) is 0 Å². The normalized spacial score (nSPS) is 18.7. The number of amides is 3. The predicted molar refractivity (Wildman–Crippen MR) is 87.8 cm³/mol. The second-order valence-electron chi connectivity index (χ2n) is 6.08. The first kappa shape index (κ1) is 21.4. The van der Waals surface area contributed by atoms with E-state index in [-0.39, 0.29) is 19.4 Å². The maximum Gasteiger partial charge on any atom is 0.326 e. The van der Waals surface area contributed by atoms with E-state index in [2.05, 4.69) is 10.6 Å². The maximum absolute atomic E-state index is 12.2. The van der Waals surface area contributed by atoms with Crippen LogP contribution in [-0.4, -0.2) is 76.0 Å². The molecule has 1 saturated heterocycles. The van der Waals surface area contributed by atoms with Gasteiger partial charge in [-0.15, -0.1) is 0 Å². The Bertz CT molecular complexity index is 578. The molecule has 0 aliphatic carbocycles. The Kier molecular flexibility index (Phi) is 7.97. The highest BCUT2D eigenvalue weighted by molar-refractivity contribution is 5.92. The molecule has 0 aromatic heterocycles. The van der Waals surface area contributed by atoms with Crippen molar-refractivity contribution >= 4 is 29.7 Å². The molecule has 3 unspecified atom stereocenters. The summed E-state index contributed by atoms with van der Waals surface area (Å²) in [5.41, 5.74) is 5.41. The predicted octanol–water partition coefficient (Wildman–Crippen LogP) is -2.12. The van der Waals surface area contributed by atoms with Crippen LogP contribution in [0, 0.1) is 0 Å². The number of nitrogens with one attached hydrogen (secondary N) is 2. The number of carboxylic acid groups (broad SMARTS) is 2. The number of nitrogens with two attached hydrogens (primary N) is 1. The van der Waals surface area contributed by atoms with Crippen molar-refractivity contribution in [1.82, 2.24) is 15.5 Å². The van der Waals surface area contributed by atoms with Crippen molar-refractivity contribution < 1.29 is 34.2 Å². The zero-order valence-electron chi connectivity index (χ0n) is 14.4. The summed E-state index contributed by atoms with van der Waals surface area (Å²) >= 11 is 0. The van der Waals surface area contributed by atoms with Gasteiger partial charge < -0.3 is 31.5 Å². The van der Waals surface area contributed by atoms with Crippen molar-refractivity contribution in [2.24, 2.45) is 5.73 Å². The molecule has 1 aliphatic rings. The summed E-state index contributed by atoms with van der Waals surface area (Å²) in [6.07, 6.45) is 0.372. The molecule has 0 radical (unpaired) electrons. The highest BCUT2D eigenvalue weighted by atomic mass is 16.4. The smallest absolute Gasteiger partial charge is 0.326 e. The first-order valence-electron chi connectivity index (χ1n) is 8.21. The third kappa shape index (κ3) is 6.31. The molecule has 1 heterocycles. The average Bonchev–Trinajstić information content (AvgIpc) is 3.05. The van der Waals surface area contributed by atoms with E-state index in [1.54, 1.807) is 0 Å². The van der Waals surface area contributed by atoms with Crippen LogP contribution < -0.4 is 16.4 Å². The molecule has 6 N–H and O–H groups in total. The van der Waals surface area contributed by atoms with Gasteiger partial charge in [0.15, 0.2) is 0 Å². The fourth-order valence-electron chi connectivity index (χ4n) is 2.55. The minimum Gasteiger partial charge on any atom is -0.481 e. The van der Waals surface area contributed by atoms with Crippen LogP contribution >= 0.6 is 0 Å². The molecule has 26 heavy (non-hydrogen) atoms. The third-order valence-electron chi connectivity index (χ3n) is 3.97. The van der Waals surface area contributed by atoms with E-state index in [1.165, 1.54) is 11.8 Å². The number of carbonyl (C=O) groups is 5. The largest absolute Gasteiger partial charge is 0.481 e. The minimum absolute atomic E-state index is 0.171. The van der Waals surface area contributed by atoms with Gasteiger partial charge in [0.05, 0.1) is 12.6 Å². The second kappa shape index (κ2) is 9.70. The summed E-state index contributed by atoms with van der Waals surface area (Å²) in [7, 11) is 0. The average molecular weight is 372 g/mol. The Morgan fingerprint density at radius 1 is 1.19 bits per heavy atom. The quantitative estimate of drug-likeness (QED) is 0.304. The highest BCUT2D eigenvalue weighted by Gasteiger charge is 2.34. The van der Waals surface area contributed by atoms with E-state index in [1.807, 2.05) is 0 Å². The SMILES string of the molecule is CC(N)C(=O)NC(CCC(=O)O)C(=O)NCC(=O)N1CCCC1C(=O)O. The first-order valence-corrected chi connectivity index (χ1v) is 8.21. The van der Waals surface area contributed by atoms with Crippen LogP contribution in [0.2, 0.25) is 0 Å². The lowest BCUT2D eigenvalue weighted by molar-refractivity contribution is -0.148. The number of hydrogen-bond donors (Lipinski definition) is 5. The Hall–Kier alpha value is -2.69. The molecule has 1 fully saturated rings. The van der Waals surface area contributed by atoms with Crippen LogP contribution in [0.25, 0.3) is 0 Å². The molecule has 3 atom stereocenters. The van der Waals surface area contributed by atoms with E-state index in [9.17, 15) is 24.0 Å². The van der Waals surface area contributed by atoms with Crippen LogP contribution in [-0.2, 0) is 24.0 Å². The Morgan fingerprint density at radius 2 is 1.85 bits per heavy atom. The van der Waals surface area contributed by atoms with E-state index in [4.69, 9.17) is 15.9 Å². The van der Waals surface area contributed by atoms with Crippen molar-refractivity contribution in [2.45, 2.75) is 50.7 Å². The van der Waals surface area contributed by atoms with Gasteiger partial charge >= 0.3 is 11.9 Å². The molecule has 0 aromatic rings. The van der Waals surface area contributed by atoms with Crippen LogP contribution in [0.3, 0.4) is 0 Å². The monoisotopic (exact) mass is 372 g/mol. The summed E-state index contributed by atoms with van der Waals surface area (Å²) in [5, 5.41) is 22.5. The fourth-order valence-corrected chi connectivity index (χ4v) is 2.55. The molecule has 1 rings (SSSR count). The lowest BCUT2D eigenvalue weighted by Gasteiger charge is -2.23. The molecular weight excluding hydrogens is 348 g/mol. The van der Waals surface area contributed by atoms with Gasteiger partial charge in [-0.1, -0.05) is 0 Å². The highest BCUT2D eigenvalue weighted by Crippen LogP contribution is 2.17. The molecule has 3 amide bonds. The summed E-state index contributed by atoms with van der Waals surface area (Å²) in [5.74, 6) is -4.17. The van der Waals surface area contributed by atoms with E-state index in [0.717, 1.165) is 0 Å². The van der Waals surface area contributed by atoms with Gasteiger partial charge in [-0.05, 0) is 26.2 Å². The van der Waals surface area contributed by atoms with Crippen LogP contribution in [0.15, 0.2) is 0 Å². The molecule has 11 nitrogen and oxygen atoms in total. The van der Waals surface area contributed by atoms with E-state index >= 15 is 0 Å². The topological polar surface area (TPSA) is 179 Å². The summed E-state index contributed by atoms with van der Waals surface area (Å²) in [6, 6.07) is -2.97. The Morgan fingerprint density at radius 3 is 2.38 bits per heavy atom. The minimum atomic E-state index is -1.16. The van der Waals surface area contributed by atoms with Crippen LogP contribution in [0.5, 0.6) is 0 Å². The molecule has 1 aliphatic heterocycles. The number of aliphatic carboxylic acids is 2. The van der Waals surface area contributed by atoms with Crippen LogP contribution in [0.4, 0.5) is 0 Å². The number of rotatable bonds is 9. The number of carboxylic acids is 2. The number of hydrogen-bond acceptors (Lipinski definition) is 6. The zero-order valence-corrected chi connectivity index (χ0v) is 14.4. The Balaban J connectivity index is 2.64. The van der Waals surface area contributed by atoms with Crippen molar-refractivity contribution in [1.29, 1.82) is 0 Å². The summed E-state index contributed by atoms with van der Waals surface area (Å²) in [6.45, 7) is 1.25. The third-order valence-corrected chi connectivity index (χ3v) is 3.97. The van der Waals surface area contributed by atoms with Crippen molar-refractivity contribution in [2.75, 3.05) is 13.1 Å². The summed E-state index contributed by atoms with van der Waals surface area (Å²) < 4.78 is 0. The molecule has 0 bridgehead atoms. The number of likely N-dealkylation sites (tertiary alicyclic amines) is 1. The van der Waals surface area contributed by atoms with Crippen molar-refractivity contribution in [3.05, 3.63) is 0 Å². The van der Waals surface area contributed by atoms with E-state index < -0.39 is 54.3 Å². The van der Waals surface area contributed by atoms with E-state index in [0.29, 0.717) is 12.8 Å². The second-order valence-corrected chi connectivity index (χ2v) is 6.08. The van der Waals surface area contributed by atoms with Gasteiger partial charge in [0.2, 0.25) is 17.7 Å². The molecule has 0 saturated carbocycles.